The zero-order chi connectivity index (χ0) is 12.8. The number of allylic oxidation sites excluding steroid dienone is 1. The van der Waals surface area contributed by atoms with Crippen molar-refractivity contribution in [2.24, 2.45) is 0 Å². The van der Waals surface area contributed by atoms with Gasteiger partial charge in [0.25, 0.3) is 0 Å². The largest absolute Gasteiger partial charge is 0.508 e. The van der Waals surface area contributed by atoms with E-state index in [2.05, 4.69) is 18.3 Å². The number of hydrogen-bond acceptors (Lipinski definition) is 2. The molecule has 1 atom stereocenters. The van der Waals surface area contributed by atoms with Gasteiger partial charge in [-0.2, -0.15) is 0 Å². The predicted molar refractivity (Wildman–Crippen MR) is 75.7 cm³/mol. The summed E-state index contributed by atoms with van der Waals surface area (Å²) in [4.78, 5) is 0. The van der Waals surface area contributed by atoms with E-state index in [0.29, 0.717) is 5.75 Å². The van der Waals surface area contributed by atoms with Gasteiger partial charge in [0.1, 0.15) is 5.75 Å². The molecule has 0 heterocycles. The molecule has 2 N–H and O–H groups in total. The van der Waals surface area contributed by atoms with Gasteiger partial charge in [-0.1, -0.05) is 36.8 Å². The van der Waals surface area contributed by atoms with Crippen LogP contribution in [0.25, 0.3) is 0 Å². The summed E-state index contributed by atoms with van der Waals surface area (Å²) in [5, 5.41) is 13.4. The molecular formula is C16H23NO. The van der Waals surface area contributed by atoms with Crippen molar-refractivity contribution in [1.82, 2.24) is 5.32 Å². The highest BCUT2D eigenvalue weighted by Crippen LogP contribution is 2.26. The Morgan fingerprint density at radius 2 is 2.17 bits per heavy atom. The highest BCUT2D eigenvalue weighted by molar-refractivity contribution is 5.34. The number of hydrogen-bond donors (Lipinski definition) is 2. The lowest BCUT2D eigenvalue weighted by Gasteiger charge is -2.18. The molecule has 0 aliphatic heterocycles. The lowest BCUT2D eigenvalue weighted by molar-refractivity contribution is 0.442. The number of benzene rings is 1. The van der Waals surface area contributed by atoms with E-state index in [9.17, 15) is 5.11 Å². The van der Waals surface area contributed by atoms with Crippen molar-refractivity contribution in [3.05, 3.63) is 41.5 Å². The average molecular weight is 245 g/mol. The Hall–Kier alpha value is -1.28. The second-order valence-electron chi connectivity index (χ2n) is 4.98. The maximum atomic E-state index is 9.87. The molecule has 2 heteroatoms. The Morgan fingerprint density at radius 1 is 1.33 bits per heavy atom. The third kappa shape index (κ3) is 3.36. The highest BCUT2D eigenvalue weighted by Gasteiger charge is 2.12. The van der Waals surface area contributed by atoms with Gasteiger partial charge in [0, 0.05) is 11.6 Å². The second-order valence-corrected chi connectivity index (χ2v) is 4.98. The summed E-state index contributed by atoms with van der Waals surface area (Å²) in [6, 6.07) is 7.88. The number of phenolic OH excluding ortho intramolecular Hbond substituents is 1. The molecule has 0 amide bonds. The molecule has 0 bridgehead atoms. The van der Waals surface area contributed by atoms with Gasteiger partial charge in [-0.3, -0.25) is 0 Å². The number of para-hydroxylation sites is 1. The summed E-state index contributed by atoms with van der Waals surface area (Å²) in [6.07, 6.45) is 8.37. The van der Waals surface area contributed by atoms with Gasteiger partial charge < -0.3 is 10.4 Å². The Morgan fingerprint density at radius 3 is 2.83 bits per heavy atom. The molecular weight excluding hydrogens is 222 g/mol. The van der Waals surface area contributed by atoms with E-state index in [-0.39, 0.29) is 6.04 Å². The van der Waals surface area contributed by atoms with Crippen molar-refractivity contribution in [3.63, 3.8) is 0 Å². The Balaban J connectivity index is 1.87. The third-order valence-corrected chi connectivity index (χ3v) is 3.69. The smallest absolute Gasteiger partial charge is 0.120 e. The summed E-state index contributed by atoms with van der Waals surface area (Å²) in [6.45, 7) is 3.15. The molecule has 1 aliphatic rings. The van der Waals surface area contributed by atoms with Gasteiger partial charge in [0.15, 0.2) is 0 Å². The first-order valence-corrected chi connectivity index (χ1v) is 7.00. The average Bonchev–Trinajstić information content (AvgIpc) is 2.89. The van der Waals surface area contributed by atoms with Crippen LogP contribution in [-0.2, 0) is 0 Å². The highest BCUT2D eigenvalue weighted by atomic mass is 16.3. The van der Waals surface area contributed by atoms with Crippen LogP contribution in [0.4, 0.5) is 0 Å². The van der Waals surface area contributed by atoms with Gasteiger partial charge >= 0.3 is 0 Å². The van der Waals surface area contributed by atoms with Crippen molar-refractivity contribution >= 4 is 0 Å². The minimum absolute atomic E-state index is 0.258. The van der Waals surface area contributed by atoms with Gasteiger partial charge in [-0.25, -0.2) is 0 Å². The molecule has 0 radical (unpaired) electrons. The van der Waals surface area contributed by atoms with E-state index in [1.807, 2.05) is 18.2 Å². The zero-order valence-electron chi connectivity index (χ0n) is 11.2. The van der Waals surface area contributed by atoms with E-state index in [4.69, 9.17) is 0 Å². The summed E-state index contributed by atoms with van der Waals surface area (Å²) in [5.41, 5.74) is 2.61. The van der Waals surface area contributed by atoms with Crippen molar-refractivity contribution in [2.75, 3.05) is 6.54 Å². The van der Waals surface area contributed by atoms with Crippen LogP contribution in [0.15, 0.2) is 35.9 Å². The normalized spacial score (nSPS) is 16.6. The third-order valence-electron chi connectivity index (χ3n) is 3.69. The molecule has 18 heavy (non-hydrogen) atoms. The quantitative estimate of drug-likeness (QED) is 0.744. The minimum atomic E-state index is 0.258. The van der Waals surface area contributed by atoms with E-state index < -0.39 is 0 Å². The van der Waals surface area contributed by atoms with E-state index in [1.165, 1.54) is 19.3 Å². The maximum Gasteiger partial charge on any atom is 0.120 e. The predicted octanol–water partition coefficient (Wildman–Crippen LogP) is 3.93. The van der Waals surface area contributed by atoms with Crippen molar-refractivity contribution in [1.29, 1.82) is 0 Å². The molecule has 1 aromatic rings. The van der Waals surface area contributed by atoms with E-state index in [1.54, 1.807) is 11.6 Å². The van der Waals surface area contributed by atoms with Crippen LogP contribution in [0, 0.1) is 0 Å². The Kier molecular flexibility index (Phi) is 4.82. The van der Waals surface area contributed by atoms with Crippen molar-refractivity contribution in [2.45, 2.75) is 45.1 Å². The van der Waals surface area contributed by atoms with Crippen molar-refractivity contribution in [3.8, 4) is 5.75 Å². The number of rotatable bonds is 6. The van der Waals surface area contributed by atoms with Crippen LogP contribution in [0.5, 0.6) is 5.75 Å². The van der Waals surface area contributed by atoms with Gasteiger partial charge in [-0.05, 0) is 44.7 Å². The molecule has 0 saturated carbocycles. The molecule has 2 rings (SSSR count). The molecule has 1 unspecified atom stereocenters. The number of phenols is 1. The summed E-state index contributed by atoms with van der Waals surface area (Å²) in [5.74, 6) is 0.400. The van der Waals surface area contributed by atoms with Crippen molar-refractivity contribution < 1.29 is 5.11 Å². The Bertz CT molecular complexity index is 411. The second kappa shape index (κ2) is 6.60. The van der Waals surface area contributed by atoms with Crippen LogP contribution >= 0.6 is 0 Å². The molecule has 0 fully saturated rings. The topological polar surface area (TPSA) is 32.3 Å². The summed E-state index contributed by atoms with van der Waals surface area (Å²) >= 11 is 0. The van der Waals surface area contributed by atoms with E-state index >= 15 is 0 Å². The zero-order valence-corrected chi connectivity index (χ0v) is 11.2. The molecule has 0 aromatic heterocycles. The van der Waals surface area contributed by atoms with Crippen LogP contribution in [0.1, 0.15) is 50.6 Å². The summed E-state index contributed by atoms with van der Waals surface area (Å²) in [7, 11) is 0. The fraction of sp³-hybridized carbons (Fsp3) is 0.500. The number of nitrogens with one attached hydrogen (secondary N) is 1. The maximum absolute atomic E-state index is 9.87. The van der Waals surface area contributed by atoms with Gasteiger partial charge in [-0.15, -0.1) is 0 Å². The van der Waals surface area contributed by atoms with E-state index in [0.717, 1.165) is 24.9 Å². The first-order chi connectivity index (χ1) is 8.81. The molecule has 0 saturated heterocycles. The van der Waals surface area contributed by atoms with Crippen LogP contribution in [-0.4, -0.2) is 11.7 Å². The lowest BCUT2D eigenvalue weighted by atomic mass is 10.0. The van der Waals surface area contributed by atoms with Crippen LogP contribution in [0.2, 0.25) is 0 Å². The molecule has 98 valence electrons. The van der Waals surface area contributed by atoms with Gasteiger partial charge in [0.2, 0.25) is 0 Å². The van der Waals surface area contributed by atoms with Gasteiger partial charge in [0.05, 0.1) is 0 Å². The first kappa shape index (κ1) is 13.2. The molecule has 1 aromatic carbocycles. The fourth-order valence-corrected chi connectivity index (χ4v) is 2.63. The SMILES string of the molecule is CCC(NCCC1=CCCC1)c1ccccc1O. The minimum Gasteiger partial charge on any atom is -0.508 e. The molecule has 2 nitrogen and oxygen atoms in total. The van der Waals surface area contributed by atoms with Crippen LogP contribution < -0.4 is 5.32 Å². The monoisotopic (exact) mass is 245 g/mol. The standard InChI is InChI=1S/C16H23NO/c1-2-15(14-9-5-6-10-16(14)18)17-12-11-13-7-3-4-8-13/h5-7,9-10,15,17-18H,2-4,8,11-12H2,1H3. The first-order valence-electron chi connectivity index (χ1n) is 7.00. The molecule has 0 spiro atoms. The Labute approximate surface area is 110 Å². The summed E-state index contributed by atoms with van der Waals surface area (Å²) < 4.78 is 0. The lowest BCUT2D eigenvalue weighted by Crippen LogP contribution is -2.22. The number of aromatic hydroxyl groups is 1. The fourth-order valence-electron chi connectivity index (χ4n) is 2.63. The van der Waals surface area contributed by atoms with Crippen LogP contribution in [0.3, 0.4) is 0 Å². The molecule has 1 aliphatic carbocycles.